The van der Waals surface area contributed by atoms with Crippen LogP contribution in [0.5, 0.6) is 0 Å². The first-order chi connectivity index (χ1) is 9.76. The second-order valence-corrected chi connectivity index (χ2v) is 4.82. The van der Waals surface area contributed by atoms with Gasteiger partial charge in [-0.1, -0.05) is 0 Å². The van der Waals surface area contributed by atoms with Crippen LogP contribution in [0, 0.1) is 0 Å². The fraction of sp³-hybridized carbons (Fsp3) is 1.00. The summed E-state index contributed by atoms with van der Waals surface area (Å²) in [5.41, 5.74) is 17.9. The van der Waals surface area contributed by atoms with Gasteiger partial charge in [0.2, 0.25) is 0 Å². The van der Waals surface area contributed by atoms with Crippen LogP contribution in [0.15, 0.2) is 0 Å². The molecule has 12 N–H and O–H groups in total. The predicted octanol–water partition coefficient (Wildman–Crippen LogP) is -6.43. The Kier molecular flexibility index (Phi) is 5.60. The molecule has 21 heavy (non-hydrogen) atoms. The van der Waals surface area contributed by atoms with Gasteiger partial charge >= 0.3 is 0 Å². The van der Waals surface area contributed by atoms with Crippen molar-refractivity contribution >= 4 is 0 Å². The van der Waals surface area contributed by atoms with Crippen molar-refractivity contribution < 1.29 is 30.6 Å². The zero-order valence-electron chi connectivity index (χ0n) is 11.5. The average molecular weight is 312 g/mol. The molecule has 0 aromatic rings. The van der Waals surface area contributed by atoms with E-state index in [2.05, 4.69) is 0 Å². The monoisotopic (exact) mass is 312 g/mol. The highest BCUT2D eigenvalue weighted by molar-refractivity contribution is 5.06. The number of rotatable bonds is 6. The van der Waals surface area contributed by atoms with Crippen molar-refractivity contribution in [1.82, 2.24) is 14.7 Å². The van der Waals surface area contributed by atoms with Gasteiger partial charge in [-0.15, -0.1) is 0 Å². The highest BCUT2D eigenvalue weighted by Crippen LogP contribution is 2.37. The van der Waals surface area contributed by atoms with Gasteiger partial charge < -0.3 is 30.6 Å². The summed E-state index contributed by atoms with van der Waals surface area (Å²) in [6.45, 7) is -5.02. The maximum atomic E-state index is 9.58. The summed E-state index contributed by atoms with van der Waals surface area (Å²) in [4.78, 5) is 2.52. The first-order valence-electron chi connectivity index (χ1n) is 6.11. The second kappa shape index (κ2) is 6.33. The lowest BCUT2D eigenvalue weighted by molar-refractivity contribution is -0.360. The molecule has 1 heterocycles. The lowest BCUT2D eigenvalue weighted by Crippen LogP contribution is -2.95. The van der Waals surface area contributed by atoms with Crippen molar-refractivity contribution in [2.24, 2.45) is 17.2 Å². The normalized spacial score (nSPS) is 39.9. The Bertz CT molecular complexity index is 295. The molecular weight excluding hydrogens is 288 g/mol. The van der Waals surface area contributed by atoms with Gasteiger partial charge in [-0.3, -0.25) is 17.2 Å². The van der Waals surface area contributed by atoms with Crippen molar-refractivity contribution in [2.45, 2.75) is 17.4 Å². The Labute approximate surface area is 121 Å². The first kappa shape index (κ1) is 18.6. The topological polar surface area (TPSA) is 209 Å². The molecule has 1 fully saturated rings. The first-order valence-corrected chi connectivity index (χ1v) is 6.11. The standard InChI is InChI=1S/C9H24N6O6/c10-7(1-16)13(4-19)8(11,2-17)15(6-21)9(12,3-18)14(7)5-20/h16-21H,1-6,10-12H2. The SMILES string of the molecule is NC1(CO)N(CO)C(N)(CO)N(CO)C(N)(CO)N1CO. The molecule has 1 aliphatic heterocycles. The van der Waals surface area contributed by atoms with Crippen LogP contribution in [-0.2, 0) is 0 Å². The highest BCUT2D eigenvalue weighted by Gasteiger charge is 2.64. The summed E-state index contributed by atoms with van der Waals surface area (Å²) in [6, 6.07) is 0. The van der Waals surface area contributed by atoms with Crippen LogP contribution >= 0.6 is 0 Å². The van der Waals surface area contributed by atoms with E-state index < -0.39 is 57.4 Å². The number of aliphatic hydroxyl groups excluding tert-OH is 6. The largest absolute Gasteiger partial charge is 0.392 e. The summed E-state index contributed by atoms with van der Waals surface area (Å²) in [5, 5.41) is 57.3. The molecule has 0 aromatic carbocycles. The van der Waals surface area contributed by atoms with Gasteiger partial charge in [0.05, 0.1) is 19.8 Å². The Morgan fingerprint density at radius 2 is 0.714 bits per heavy atom. The lowest BCUT2D eigenvalue weighted by Gasteiger charge is -2.67. The maximum Gasteiger partial charge on any atom is 0.158 e. The van der Waals surface area contributed by atoms with E-state index >= 15 is 0 Å². The molecule has 12 nitrogen and oxygen atoms in total. The Balaban J connectivity index is 3.56. The Hall–Kier alpha value is -0.480. The van der Waals surface area contributed by atoms with Crippen LogP contribution < -0.4 is 17.2 Å². The zero-order chi connectivity index (χ0) is 16.5. The van der Waals surface area contributed by atoms with Crippen LogP contribution in [0.2, 0.25) is 0 Å². The molecule has 0 saturated carbocycles. The lowest BCUT2D eigenvalue weighted by atomic mass is 10.0. The minimum absolute atomic E-state index is 0.831. The van der Waals surface area contributed by atoms with E-state index in [0.29, 0.717) is 0 Å². The highest BCUT2D eigenvalue weighted by atomic mass is 16.3. The number of hydrogen-bond acceptors (Lipinski definition) is 12. The third-order valence-electron chi connectivity index (χ3n) is 3.93. The van der Waals surface area contributed by atoms with E-state index in [0.717, 1.165) is 14.7 Å². The number of aliphatic hydroxyl groups is 6. The maximum absolute atomic E-state index is 9.58. The third kappa shape index (κ3) is 2.35. The molecule has 1 rings (SSSR count). The van der Waals surface area contributed by atoms with E-state index in [1.165, 1.54) is 0 Å². The summed E-state index contributed by atoms with van der Waals surface area (Å²) in [6.07, 6.45) is 0. The number of hydrogen-bond donors (Lipinski definition) is 9. The van der Waals surface area contributed by atoms with Gasteiger partial charge in [0, 0.05) is 0 Å². The van der Waals surface area contributed by atoms with Gasteiger partial charge in [0.15, 0.2) is 17.4 Å². The molecule has 12 heteroatoms. The molecule has 1 saturated heterocycles. The summed E-state index contributed by atoms with van der Waals surface area (Å²) in [5.74, 6) is -5.99. The van der Waals surface area contributed by atoms with Crippen LogP contribution in [0.4, 0.5) is 0 Å². The van der Waals surface area contributed by atoms with E-state index in [9.17, 15) is 30.6 Å². The minimum atomic E-state index is -2.00. The van der Waals surface area contributed by atoms with Crippen molar-refractivity contribution in [3.63, 3.8) is 0 Å². The van der Waals surface area contributed by atoms with Crippen LogP contribution in [0.3, 0.4) is 0 Å². The molecule has 1 aliphatic rings. The second-order valence-electron chi connectivity index (χ2n) is 4.82. The Morgan fingerprint density at radius 3 is 0.810 bits per heavy atom. The minimum Gasteiger partial charge on any atom is -0.392 e. The zero-order valence-corrected chi connectivity index (χ0v) is 11.5. The molecule has 126 valence electrons. The molecule has 0 amide bonds. The molecular formula is C9H24N6O6. The van der Waals surface area contributed by atoms with Crippen LogP contribution in [0.25, 0.3) is 0 Å². The van der Waals surface area contributed by atoms with Crippen molar-refractivity contribution in [2.75, 3.05) is 40.0 Å². The fourth-order valence-corrected chi connectivity index (χ4v) is 2.69. The van der Waals surface area contributed by atoms with Crippen LogP contribution in [0.1, 0.15) is 0 Å². The predicted molar refractivity (Wildman–Crippen MR) is 68.8 cm³/mol. The molecule has 0 aliphatic carbocycles. The molecule has 0 aromatic heterocycles. The smallest absolute Gasteiger partial charge is 0.158 e. The molecule has 0 atom stereocenters. The number of nitrogens with two attached hydrogens (primary N) is 3. The van der Waals surface area contributed by atoms with E-state index in [1.54, 1.807) is 0 Å². The average Bonchev–Trinajstić information content (AvgIpc) is 2.48. The summed E-state index contributed by atoms with van der Waals surface area (Å²) in [7, 11) is 0. The quantitative estimate of drug-likeness (QED) is 0.224. The van der Waals surface area contributed by atoms with Crippen LogP contribution in [-0.4, -0.2) is 103 Å². The van der Waals surface area contributed by atoms with E-state index in [4.69, 9.17) is 17.2 Å². The van der Waals surface area contributed by atoms with Crippen molar-refractivity contribution in [3.8, 4) is 0 Å². The molecule has 0 spiro atoms. The van der Waals surface area contributed by atoms with Gasteiger partial charge in [-0.05, 0) is 0 Å². The summed E-state index contributed by atoms with van der Waals surface area (Å²) < 4.78 is 0. The van der Waals surface area contributed by atoms with Gasteiger partial charge in [0.25, 0.3) is 0 Å². The van der Waals surface area contributed by atoms with Crippen molar-refractivity contribution in [1.29, 1.82) is 0 Å². The van der Waals surface area contributed by atoms with E-state index in [1.807, 2.05) is 0 Å². The van der Waals surface area contributed by atoms with Gasteiger partial charge in [0.1, 0.15) is 20.2 Å². The van der Waals surface area contributed by atoms with Gasteiger partial charge in [-0.2, -0.15) is 0 Å². The van der Waals surface area contributed by atoms with E-state index in [-0.39, 0.29) is 0 Å². The Morgan fingerprint density at radius 1 is 0.524 bits per heavy atom. The third-order valence-corrected chi connectivity index (χ3v) is 3.93. The number of nitrogens with zero attached hydrogens (tertiary/aromatic N) is 3. The molecule has 0 bridgehead atoms. The van der Waals surface area contributed by atoms with Gasteiger partial charge in [-0.25, -0.2) is 14.7 Å². The molecule has 0 radical (unpaired) electrons. The van der Waals surface area contributed by atoms with Crippen molar-refractivity contribution in [3.05, 3.63) is 0 Å². The molecule has 0 unspecified atom stereocenters. The fourth-order valence-electron chi connectivity index (χ4n) is 2.69. The summed E-state index contributed by atoms with van der Waals surface area (Å²) >= 11 is 0.